The van der Waals surface area contributed by atoms with Gasteiger partial charge < -0.3 is 9.84 Å². The largest absolute Gasteiger partial charge is 0.512 e. The SMILES string of the molecule is O=C(O)Oc1cc(=O)n(-c2ccc(CCOS(=O)(=O)O)cc2S(=O)(=O)O)[nH]1. The first kappa shape index (κ1) is 20.6. The Morgan fingerprint density at radius 2 is 1.81 bits per heavy atom. The van der Waals surface area contributed by atoms with Gasteiger partial charge in [0.1, 0.15) is 4.90 Å². The Bertz CT molecular complexity index is 1130. The lowest BCUT2D eigenvalue weighted by Gasteiger charge is -2.10. The number of aromatic amines is 1. The molecule has 0 spiro atoms. The zero-order valence-electron chi connectivity index (χ0n) is 13.1. The zero-order chi connectivity index (χ0) is 20.4. The highest BCUT2D eigenvalue weighted by Gasteiger charge is 2.20. The van der Waals surface area contributed by atoms with Gasteiger partial charge in [-0.15, -0.1) is 0 Å². The fraction of sp³-hybridized carbons (Fsp3) is 0.167. The van der Waals surface area contributed by atoms with E-state index in [4.69, 9.17) is 9.66 Å². The molecule has 1 heterocycles. The maximum absolute atomic E-state index is 11.9. The Kier molecular flexibility index (Phi) is 5.71. The molecule has 0 saturated heterocycles. The van der Waals surface area contributed by atoms with E-state index in [0.29, 0.717) is 4.68 Å². The van der Waals surface area contributed by atoms with Gasteiger partial charge in [0.25, 0.3) is 15.7 Å². The van der Waals surface area contributed by atoms with Crippen molar-refractivity contribution in [1.29, 1.82) is 0 Å². The molecular formula is C12H12N2O11S2. The molecule has 0 saturated carbocycles. The van der Waals surface area contributed by atoms with E-state index < -0.39 is 49.6 Å². The molecular weight excluding hydrogens is 412 g/mol. The van der Waals surface area contributed by atoms with Crippen molar-refractivity contribution in [3.8, 4) is 11.6 Å². The van der Waals surface area contributed by atoms with Gasteiger partial charge in [0.2, 0.25) is 5.88 Å². The number of nitrogens with one attached hydrogen (secondary N) is 1. The van der Waals surface area contributed by atoms with Crippen LogP contribution < -0.4 is 10.3 Å². The molecule has 0 aliphatic heterocycles. The van der Waals surface area contributed by atoms with Crippen molar-refractivity contribution in [1.82, 2.24) is 9.78 Å². The number of nitrogens with zero attached hydrogens (tertiary/aromatic N) is 1. The smallest absolute Gasteiger partial charge is 0.449 e. The summed E-state index contributed by atoms with van der Waals surface area (Å²) in [6, 6.07) is 4.09. The number of ether oxygens (including phenoxy) is 1. The van der Waals surface area contributed by atoms with Crippen LogP contribution in [0.5, 0.6) is 5.88 Å². The van der Waals surface area contributed by atoms with E-state index in [1.807, 2.05) is 0 Å². The van der Waals surface area contributed by atoms with E-state index in [-0.39, 0.29) is 17.7 Å². The number of carbonyl (C=O) groups is 1. The summed E-state index contributed by atoms with van der Waals surface area (Å²) in [5.41, 5.74) is -1.03. The third-order valence-corrected chi connectivity index (χ3v) is 4.41. The highest BCUT2D eigenvalue weighted by molar-refractivity contribution is 7.86. The predicted octanol–water partition coefficient (Wildman–Crippen LogP) is -0.169. The van der Waals surface area contributed by atoms with Gasteiger partial charge in [-0.1, -0.05) is 6.07 Å². The van der Waals surface area contributed by atoms with E-state index in [2.05, 4.69) is 14.0 Å². The normalized spacial score (nSPS) is 12.1. The Hall–Kier alpha value is -2.72. The van der Waals surface area contributed by atoms with Crippen molar-refractivity contribution >= 4 is 26.7 Å². The number of hydrogen-bond acceptors (Lipinski definition) is 8. The van der Waals surface area contributed by atoms with Crippen molar-refractivity contribution in [3.63, 3.8) is 0 Å². The molecule has 27 heavy (non-hydrogen) atoms. The molecule has 0 amide bonds. The molecule has 2 rings (SSSR count). The van der Waals surface area contributed by atoms with Crippen molar-refractivity contribution in [3.05, 3.63) is 40.2 Å². The van der Waals surface area contributed by atoms with Crippen LogP contribution in [0.4, 0.5) is 4.79 Å². The maximum Gasteiger partial charge on any atom is 0.512 e. The summed E-state index contributed by atoms with van der Waals surface area (Å²) in [7, 11) is -9.51. The Balaban J connectivity index is 2.44. The average molecular weight is 424 g/mol. The van der Waals surface area contributed by atoms with Gasteiger partial charge in [0, 0.05) is 0 Å². The fourth-order valence-corrected chi connectivity index (χ4v) is 3.09. The number of rotatable bonds is 7. The first-order valence-electron chi connectivity index (χ1n) is 6.82. The molecule has 13 nitrogen and oxygen atoms in total. The zero-order valence-corrected chi connectivity index (χ0v) is 14.7. The van der Waals surface area contributed by atoms with Gasteiger partial charge in [0.05, 0.1) is 18.4 Å². The molecule has 15 heteroatoms. The summed E-state index contributed by atoms with van der Waals surface area (Å²) in [5.74, 6) is -0.487. The van der Waals surface area contributed by atoms with Crippen molar-refractivity contribution in [2.45, 2.75) is 11.3 Å². The second-order valence-electron chi connectivity index (χ2n) is 4.94. The van der Waals surface area contributed by atoms with E-state index in [1.165, 1.54) is 6.07 Å². The molecule has 0 aliphatic rings. The van der Waals surface area contributed by atoms with E-state index in [1.54, 1.807) is 0 Å². The lowest BCUT2D eigenvalue weighted by atomic mass is 10.1. The lowest BCUT2D eigenvalue weighted by Crippen LogP contribution is -2.17. The van der Waals surface area contributed by atoms with Crippen LogP contribution in [0.1, 0.15) is 5.56 Å². The molecule has 0 bridgehead atoms. The second-order valence-corrected chi connectivity index (χ2v) is 7.42. The van der Waals surface area contributed by atoms with Crippen molar-refractivity contribution in [2.24, 2.45) is 0 Å². The summed E-state index contributed by atoms with van der Waals surface area (Å²) in [6.45, 7) is -0.512. The van der Waals surface area contributed by atoms with Gasteiger partial charge >= 0.3 is 16.6 Å². The predicted molar refractivity (Wildman–Crippen MR) is 86.1 cm³/mol. The van der Waals surface area contributed by atoms with E-state index >= 15 is 0 Å². The van der Waals surface area contributed by atoms with Crippen LogP contribution in [0.15, 0.2) is 34.0 Å². The lowest BCUT2D eigenvalue weighted by molar-refractivity contribution is 0.142. The molecule has 0 fully saturated rings. The summed E-state index contributed by atoms with van der Waals surface area (Å²) in [5, 5.41) is 10.7. The van der Waals surface area contributed by atoms with Crippen LogP contribution in [0.2, 0.25) is 0 Å². The highest BCUT2D eigenvalue weighted by atomic mass is 32.3. The molecule has 2 aromatic rings. The maximum atomic E-state index is 11.9. The monoisotopic (exact) mass is 424 g/mol. The van der Waals surface area contributed by atoms with Crippen LogP contribution in [-0.4, -0.2) is 53.6 Å². The third-order valence-electron chi connectivity index (χ3n) is 3.06. The standard InChI is InChI=1S/C12H12N2O11S2/c15-11-6-10(25-12(16)17)13-14(11)8-2-1-7(3-4-24-27(21,22)23)5-9(8)26(18,19)20/h1-2,5-6,13H,3-4H2,(H,16,17)(H,18,19,20)(H,21,22,23). The minimum absolute atomic E-state index is 0.157. The summed E-state index contributed by atoms with van der Waals surface area (Å²) in [6.07, 6.45) is -1.87. The first-order chi connectivity index (χ1) is 12.4. The molecule has 0 atom stereocenters. The minimum Gasteiger partial charge on any atom is -0.449 e. The molecule has 0 radical (unpaired) electrons. The van der Waals surface area contributed by atoms with Crippen molar-refractivity contribution < 1.29 is 44.8 Å². The highest BCUT2D eigenvalue weighted by Crippen LogP contribution is 2.21. The third kappa shape index (κ3) is 5.63. The topological polar surface area (TPSA) is 202 Å². The molecule has 1 aromatic heterocycles. The van der Waals surface area contributed by atoms with Crippen LogP contribution in [0.3, 0.4) is 0 Å². The van der Waals surface area contributed by atoms with Gasteiger partial charge in [0.15, 0.2) is 0 Å². The quantitative estimate of drug-likeness (QED) is 0.339. The minimum atomic E-state index is -4.83. The number of carboxylic acid groups (broad SMARTS) is 1. The molecule has 1 aromatic carbocycles. The molecule has 0 unspecified atom stereocenters. The van der Waals surface area contributed by atoms with Crippen LogP contribution in [-0.2, 0) is 31.1 Å². The van der Waals surface area contributed by atoms with Crippen LogP contribution in [0.25, 0.3) is 5.69 Å². The van der Waals surface area contributed by atoms with Crippen LogP contribution in [0, 0.1) is 0 Å². The first-order valence-corrected chi connectivity index (χ1v) is 9.63. The number of benzene rings is 1. The van der Waals surface area contributed by atoms with Crippen molar-refractivity contribution in [2.75, 3.05) is 6.61 Å². The second kappa shape index (κ2) is 7.49. The van der Waals surface area contributed by atoms with Gasteiger partial charge in [-0.3, -0.25) is 19.0 Å². The molecule has 0 aliphatic carbocycles. The Morgan fingerprint density at radius 1 is 1.15 bits per heavy atom. The van der Waals surface area contributed by atoms with E-state index in [9.17, 15) is 31.0 Å². The van der Waals surface area contributed by atoms with Crippen LogP contribution >= 0.6 is 0 Å². The Morgan fingerprint density at radius 3 is 2.37 bits per heavy atom. The molecule has 148 valence electrons. The Labute approximate surface area is 151 Å². The molecule has 4 N–H and O–H groups in total. The summed E-state index contributed by atoms with van der Waals surface area (Å²) >= 11 is 0. The van der Waals surface area contributed by atoms with E-state index in [0.717, 1.165) is 18.2 Å². The summed E-state index contributed by atoms with van der Waals surface area (Å²) in [4.78, 5) is 21.7. The van der Waals surface area contributed by atoms with Gasteiger partial charge in [-0.25, -0.2) is 13.7 Å². The van der Waals surface area contributed by atoms with Gasteiger partial charge in [-0.2, -0.15) is 16.8 Å². The number of aromatic nitrogens is 2. The number of H-pyrrole nitrogens is 1. The number of hydrogen-bond donors (Lipinski definition) is 4. The van der Waals surface area contributed by atoms with Gasteiger partial charge in [-0.05, 0) is 24.1 Å². The fourth-order valence-electron chi connectivity index (χ4n) is 2.07. The average Bonchev–Trinajstić information content (AvgIpc) is 2.84. The summed E-state index contributed by atoms with van der Waals surface area (Å²) < 4.78 is 71.2.